The van der Waals surface area contributed by atoms with Gasteiger partial charge in [0.2, 0.25) is 0 Å². The summed E-state index contributed by atoms with van der Waals surface area (Å²) in [6.07, 6.45) is 0.534. The van der Waals surface area contributed by atoms with E-state index in [1.165, 1.54) is 0 Å². The second kappa shape index (κ2) is 5.88. The average Bonchev–Trinajstić information content (AvgIpc) is 2.36. The number of hydrogen-bond donors (Lipinski definition) is 1. The maximum atomic E-state index is 12.8. The second-order valence-corrected chi connectivity index (χ2v) is 6.24. The van der Waals surface area contributed by atoms with E-state index in [4.69, 9.17) is 5.11 Å². The molecule has 2 unspecified atom stereocenters. The second-order valence-electron chi connectivity index (χ2n) is 6.24. The first-order valence-electron chi connectivity index (χ1n) is 7.41. The summed E-state index contributed by atoms with van der Waals surface area (Å²) in [7, 11) is 0. The van der Waals surface area contributed by atoms with Crippen LogP contribution in [0.25, 0.3) is 0 Å². The van der Waals surface area contributed by atoms with Gasteiger partial charge >= 0.3 is 5.97 Å². The van der Waals surface area contributed by atoms with Gasteiger partial charge in [0.05, 0.1) is 5.92 Å². The molecule has 21 heavy (non-hydrogen) atoms. The van der Waals surface area contributed by atoms with Crippen LogP contribution in [0.3, 0.4) is 0 Å². The Bertz CT molecular complexity index is 556. The van der Waals surface area contributed by atoms with Crippen LogP contribution in [0.15, 0.2) is 12.1 Å². The number of rotatable bonds is 2. The summed E-state index contributed by atoms with van der Waals surface area (Å²) in [6.45, 7) is 8.89. The zero-order valence-corrected chi connectivity index (χ0v) is 13.1. The van der Waals surface area contributed by atoms with Crippen molar-refractivity contribution < 1.29 is 14.7 Å². The van der Waals surface area contributed by atoms with Crippen LogP contribution in [0.1, 0.15) is 40.4 Å². The van der Waals surface area contributed by atoms with Crippen molar-refractivity contribution in [2.45, 2.75) is 34.1 Å². The highest BCUT2D eigenvalue weighted by Crippen LogP contribution is 2.26. The van der Waals surface area contributed by atoms with Crippen molar-refractivity contribution >= 4 is 11.9 Å². The Morgan fingerprint density at radius 3 is 2.24 bits per heavy atom. The Morgan fingerprint density at radius 1 is 1.19 bits per heavy atom. The molecule has 0 spiro atoms. The molecular weight excluding hydrogens is 266 g/mol. The number of piperidine rings is 1. The SMILES string of the molecule is Cc1cc(C)c(C(=O)N2CCC(C(=O)O)C(C)C2)c(C)c1. The zero-order valence-electron chi connectivity index (χ0n) is 13.1. The van der Waals surface area contributed by atoms with Gasteiger partial charge in [-0.25, -0.2) is 0 Å². The third kappa shape index (κ3) is 3.09. The molecule has 0 saturated carbocycles. The maximum Gasteiger partial charge on any atom is 0.306 e. The lowest BCUT2D eigenvalue weighted by Crippen LogP contribution is -2.45. The molecule has 4 heteroatoms. The van der Waals surface area contributed by atoms with E-state index in [0.29, 0.717) is 19.5 Å². The van der Waals surface area contributed by atoms with Crippen molar-refractivity contribution in [2.75, 3.05) is 13.1 Å². The van der Waals surface area contributed by atoms with Crippen molar-refractivity contribution in [1.82, 2.24) is 4.90 Å². The van der Waals surface area contributed by atoms with Crippen molar-refractivity contribution in [3.8, 4) is 0 Å². The Hall–Kier alpha value is -1.84. The molecule has 0 aliphatic carbocycles. The van der Waals surface area contributed by atoms with Crippen molar-refractivity contribution in [3.05, 3.63) is 34.4 Å². The number of carboxylic acid groups (broad SMARTS) is 1. The molecule has 1 fully saturated rings. The van der Waals surface area contributed by atoms with E-state index >= 15 is 0 Å². The van der Waals surface area contributed by atoms with Crippen molar-refractivity contribution in [1.29, 1.82) is 0 Å². The third-order valence-electron chi connectivity index (χ3n) is 4.40. The molecule has 0 bridgehead atoms. The molecule has 1 aromatic carbocycles. The fourth-order valence-electron chi connectivity index (χ4n) is 3.37. The van der Waals surface area contributed by atoms with Crippen LogP contribution in [-0.2, 0) is 4.79 Å². The van der Waals surface area contributed by atoms with E-state index in [1.54, 1.807) is 4.90 Å². The molecule has 1 amide bonds. The lowest BCUT2D eigenvalue weighted by Gasteiger charge is -2.35. The topological polar surface area (TPSA) is 57.6 Å². The molecule has 1 saturated heterocycles. The molecule has 2 rings (SSSR count). The smallest absolute Gasteiger partial charge is 0.306 e. The molecular formula is C17H23NO3. The quantitative estimate of drug-likeness (QED) is 0.910. The van der Waals surface area contributed by atoms with Gasteiger partial charge in [-0.05, 0) is 44.2 Å². The van der Waals surface area contributed by atoms with E-state index in [2.05, 4.69) is 0 Å². The van der Waals surface area contributed by atoms with Gasteiger partial charge in [-0.2, -0.15) is 0 Å². The Morgan fingerprint density at radius 2 is 1.76 bits per heavy atom. The number of aliphatic carboxylic acids is 1. The van der Waals surface area contributed by atoms with Crippen LogP contribution < -0.4 is 0 Å². The third-order valence-corrected chi connectivity index (χ3v) is 4.40. The van der Waals surface area contributed by atoms with Gasteiger partial charge in [0.25, 0.3) is 5.91 Å². The highest BCUT2D eigenvalue weighted by molar-refractivity contribution is 5.97. The number of likely N-dealkylation sites (tertiary alicyclic amines) is 1. The predicted octanol–water partition coefficient (Wildman–Crippen LogP) is 2.79. The standard InChI is InChI=1S/C17H23NO3/c1-10-7-11(2)15(12(3)8-10)16(19)18-6-5-14(17(20)21)13(4)9-18/h7-8,13-14H,5-6,9H2,1-4H3,(H,20,21). The number of carboxylic acids is 1. The van der Waals surface area contributed by atoms with E-state index < -0.39 is 5.97 Å². The Balaban J connectivity index is 2.21. The van der Waals surface area contributed by atoms with E-state index in [0.717, 1.165) is 22.3 Å². The molecule has 1 N–H and O–H groups in total. The Labute approximate surface area is 125 Å². The van der Waals surface area contributed by atoms with Gasteiger partial charge < -0.3 is 10.0 Å². The average molecular weight is 289 g/mol. The van der Waals surface area contributed by atoms with Gasteiger partial charge in [-0.3, -0.25) is 9.59 Å². The number of aryl methyl sites for hydroxylation is 3. The maximum absolute atomic E-state index is 12.8. The van der Waals surface area contributed by atoms with Crippen LogP contribution in [0.5, 0.6) is 0 Å². The molecule has 0 radical (unpaired) electrons. The number of hydrogen-bond acceptors (Lipinski definition) is 2. The number of benzene rings is 1. The van der Waals surface area contributed by atoms with Gasteiger partial charge in [0.15, 0.2) is 0 Å². The molecule has 1 heterocycles. The summed E-state index contributed by atoms with van der Waals surface area (Å²) < 4.78 is 0. The minimum Gasteiger partial charge on any atom is -0.481 e. The van der Waals surface area contributed by atoms with Gasteiger partial charge in [0, 0.05) is 18.7 Å². The minimum atomic E-state index is -0.753. The largest absolute Gasteiger partial charge is 0.481 e. The molecule has 2 atom stereocenters. The zero-order chi connectivity index (χ0) is 15.7. The van der Waals surface area contributed by atoms with Crippen LogP contribution in [0.2, 0.25) is 0 Å². The highest BCUT2D eigenvalue weighted by atomic mass is 16.4. The molecule has 1 aliphatic rings. The van der Waals surface area contributed by atoms with E-state index in [1.807, 2.05) is 39.8 Å². The van der Waals surface area contributed by atoms with Crippen molar-refractivity contribution in [2.24, 2.45) is 11.8 Å². The van der Waals surface area contributed by atoms with Crippen molar-refractivity contribution in [3.63, 3.8) is 0 Å². The van der Waals surface area contributed by atoms with Crippen LogP contribution in [0, 0.1) is 32.6 Å². The van der Waals surface area contributed by atoms with E-state index in [9.17, 15) is 9.59 Å². The summed E-state index contributed by atoms with van der Waals surface area (Å²) in [5.74, 6) is -1.07. The number of carbonyl (C=O) groups excluding carboxylic acids is 1. The monoisotopic (exact) mass is 289 g/mol. The molecule has 0 aromatic heterocycles. The first kappa shape index (κ1) is 15.5. The van der Waals surface area contributed by atoms with Crippen LogP contribution in [0.4, 0.5) is 0 Å². The molecule has 1 aliphatic heterocycles. The van der Waals surface area contributed by atoms with Gasteiger partial charge in [-0.1, -0.05) is 24.6 Å². The normalized spacial score (nSPS) is 22.2. The number of amides is 1. The minimum absolute atomic E-state index is 0.00809. The first-order valence-corrected chi connectivity index (χ1v) is 7.41. The molecule has 4 nitrogen and oxygen atoms in total. The van der Waals surface area contributed by atoms with Crippen LogP contribution in [-0.4, -0.2) is 35.0 Å². The summed E-state index contributed by atoms with van der Waals surface area (Å²) in [4.78, 5) is 25.7. The lowest BCUT2D eigenvalue weighted by atomic mass is 9.86. The van der Waals surface area contributed by atoms with Crippen LogP contribution >= 0.6 is 0 Å². The fraction of sp³-hybridized carbons (Fsp3) is 0.529. The summed E-state index contributed by atoms with van der Waals surface area (Å²) in [6, 6.07) is 4.04. The fourth-order valence-corrected chi connectivity index (χ4v) is 3.37. The first-order chi connectivity index (χ1) is 9.81. The summed E-state index contributed by atoms with van der Waals surface area (Å²) in [5, 5.41) is 9.17. The number of nitrogens with zero attached hydrogens (tertiary/aromatic N) is 1. The predicted molar refractivity (Wildman–Crippen MR) is 81.5 cm³/mol. The lowest BCUT2D eigenvalue weighted by molar-refractivity contribution is -0.145. The molecule has 1 aromatic rings. The number of carbonyl (C=O) groups is 2. The Kier molecular flexibility index (Phi) is 4.35. The van der Waals surface area contributed by atoms with Gasteiger partial charge in [-0.15, -0.1) is 0 Å². The van der Waals surface area contributed by atoms with Gasteiger partial charge in [0.1, 0.15) is 0 Å². The summed E-state index contributed by atoms with van der Waals surface area (Å²) >= 11 is 0. The highest BCUT2D eigenvalue weighted by Gasteiger charge is 2.33. The van der Waals surface area contributed by atoms with E-state index in [-0.39, 0.29) is 17.7 Å². The molecule has 114 valence electrons. The summed E-state index contributed by atoms with van der Waals surface area (Å²) in [5.41, 5.74) is 3.90.